The zero-order valence-electron chi connectivity index (χ0n) is 19.5. The van der Waals surface area contributed by atoms with E-state index in [2.05, 4.69) is 114 Å². The minimum absolute atomic E-state index is 0.0637. The minimum atomic E-state index is -0.0637. The highest BCUT2D eigenvalue weighted by atomic mass is 32.1. The zero-order chi connectivity index (χ0) is 23.3. The second-order valence-electron chi connectivity index (χ2n) is 10.1. The quantitative estimate of drug-likeness (QED) is 0.236. The van der Waals surface area contributed by atoms with E-state index >= 15 is 0 Å². The van der Waals surface area contributed by atoms with Crippen LogP contribution in [0.15, 0.2) is 96.5 Å². The van der Waals surface area contributed by atoms with Crippen molar-refractivity contribution in [2.75, 3.05) is 0 Å². The summed E-state index contributed by atoms with van der Waals surface area (Å²) in [5.41, 5.74) is 12.2. The first-order valence-electron chi connectivity index (χ1n) is 12.0. The summed E-state index contributed by atoms with van der Waals surface area (Å²) >= 11 is 1.70. The maximum Gasteiger partial charge on any atom is 0.0813 e. The molecule has 1 aliphatic carbocycles. The molecule has 0 atom stereocenters. The van der Waals surface area contributed by atoms with Crippen LogP contribution in [-0.4, -0.2) is 9.55 Å². The van der Waals surface area contributed by atoms with Crippen molar-refractivity contribution in [1.82, 2.24) is 9.55 Å². The van der Waals surface area contributed by atoms with Crippen LogP contribution in [0.5, 0.6) is 0 Å². The van der Waals surface area contributed by atoms with E-state index in [1.165, 1.54) is 65.2 Å². The summed E-state index contributed by atoms with van der Waals surface area (Å²) in [6.45, 7) is 4.74. The molecule has 2 nitrogen and oxygen atoms in total. The van der Waals surface area contributed by atoms with Gasteiger partial charge in [0.05, 0.1) is 26.8 Å². The van der Waals surface area contributed by atoms with Crippen LogP contribution >= 0.6 is 11.3 Å². The number of thiazole rings is 1. The molecule has 0 bridgehead atoms. The fourth-order valence-electron chi connectivity index (χ4n) is 6.14. The van der Waals surface area contributed by atoms with Crippen molar-refractivity contribution in [1.29, 1.82) is 0 Å². The lowest BCUT2D eigenvalue weighted by Crippen LogP contribution is -2.15. The number of hydrogen-bond acceptors (Lipinski definition) is 2. The smallest absolute Gasteiger partial charge is 0.0813 e. The molecule has 0 saturated heterocycles. The third-order valence-electron chi connectivity index (χ3n) is 7.91. The summed E-state index contributed by atoms with van der Waals surface area (Å²) in [5.74, 6) is 0. The van der Waals surface area contributed by atoms with E-state index < -0.39 is 0 Å². The SMILES string of the molecule is CC1(C)c2cc3ccccc3cc2-c2cc3c4ccccc4n(-c4ccc5ncsc5c4)c3cc21. The molecule has 0 radical (unpaired) electrons. The molecule has 166 valence electrons. The van der Waals surface area contributed by atoms with Crippen molar-refractivity contribution in [3.8, 4) is 16.8 Å². The first kappa shape index (κ1) is 19.4. The van der Waals surface area contributed by atoms with Crippen LogP contribution in [0, 0.1) is 0 Å². The average Bonchev–Trinajstić information content (AvgIpc) is 3.53. The molecular formula is C32H22N2S. The molecule has 1 aliphatic rings. The van der Waals surface area contributed by atoms with Crippen LogP contribution in [-0.2, 0) is 5.41 Å². The van der Waals surface area contributed by atoms with E-state index in [1.807, 2.05) is 5.51 Å². The molecule has 0 amide bonds. The summed E-state index contributed by atoms with van der Waals surface area (Å²) in [6, 6.07) is 33.8. The number of benzene rings is 5. The summed E-state index contributed by atoms with van der Waals surface area (Å²) in [4.78, 5) is 4.49. The van der Waals surface area contributed by atoms with E-state index in [0.717, 1.165) is 5.52 Å². The van der Waals surface area contributed by atoms with Gasteiger partial charge in [0.15, 0.2) is 0 Å². The fraction of sp³-hybridized carbons (Fsp3) is 0.0938. The highest BCUT2D eigenvalue weighted by Crippen LogP contribution is 2.52. The molecule has 8 rings (SSSR count). The molecule has 0 unspecified atom stereocenters. The Morgan fingerprint density at radius 2 is 1.43 bits per heavy atom. The number of aromatic nitrogens is 2. The molecule has 0 N–H and O–H groups in total. The normalized spacial score (nSPS) is 14.2. The van der Waals surface area contributed by atoms with Crippen molar-refractivity contribution < 1.29 is 0 Å². The molecule has 0 spiro atoms. The van der Waals surface area contributed by atoms with Gasteiger partial charge in [-0.25, -0.2) is 4.98 Å². The van der Waals surface area contributed by atoms with Crippen LogP contribution in [0.4, 0.5) is 0 Å². The molecule has 0 aliphatic heterocycles. The lowest BCUT2D eigenvalue weighted by Gasteiger charge is -2.22. The van der Waals surface area contributed by atoms with Gasteiger partial charge in [-0.15, -0.1) is 11.3 Å². The number of fused-ring (bicyclic) bond motifs is 8. The molecule has 2 heterocycles. The van der Waals surface area contributed by atoms with E-state index in [0.29, 0.717) is 0 Å². The Morgan fingerprint density at radius 1 is 0.686 bits per heavy atom. The molecule has 0 fully saturated rings. The standard InChI is InChI=1S/C32H22N2S/c1-32(2)26-14-20-8-4-3-7-19(20)13-23(26)24-16-25-22-9-5-6-10-29(22)34(30(25)17-27(24)32)21-11-12-28-31(15-21)35-18-33-28/h3-18H,1-2H3. The first-order valence-corrected chi connectivity index (χ1v) is 12.9. The lowest BCUT2D eigenvalue weighted by atomic mass is 9.81. The lowest BCUT2D eigenvalue weighted by molar-refractivity contribution is 0.662. The molecule has 35 heavy (non-hydrogen) atoms. The van der Waals surface area contributed by atoms with Gasteiger partial charge >= 0.3 is 0 Å². The van der Waals surface area contributed by atoms with Crippen molar-refractivity contribution in [2.45, 2.75) is 19.3 Å². The molecular weight excluding hydrogens is 444 g/mol. The van der Waals surface area contributed by atoms with Crippen molar-refractivity contribution >= 4 is 54.1 Å². The molecule has 5 aromatic carbocycles. The maximum absolute atomic E-state index is 4.49. The van der Waals surface area contributed by atoms with Gasteiger partial charge in [-0.2, -0.15) is 0 Å². The summed E-state index contributed by atoms with van der Waals surface area (Å²) < 4.78 is 3.65. The zero-order valence-corrected chi connectivity index (χ0v) is 20.4. The van der Waals surface area contributed by atoms with Gasteiger partial charge in [0, 0.05) is 21.9 Å². The van der Waals surface area contributed by atoms with Crippen LogP contribution in [0.2, 0.25) is 0 Å². The largest absolute Gasteiger partial charge is 0.309 e. The molecule has 0 saturated carbocycles. The fourth-order valence-corrected chi connectivity index (χ4v) is 6.85. The Balaban J connectivity index is 1.49. The second kappa shape index (κ2) is 6.59. The van der Waals surface area contributed by atoms with Crippen LogP contribution < -0.4 is 0 Å². The third-order valence-corrected chi connectivity index (χ3v) is 8.70. The highest BCUT2D eigenvalue weighted by Gasteiger charge is 2.36. The third kappa shape index (κ3) is 2.51. The summed E-state index contributed by atoms with van der Waals surface area (Å²) in [6.07, 6.45) is 0. The molecule has 3 heteroatoms. The Morgan fingerprint density at radius 3 is 2.31 bits per heavy atom. The van der Waals surface area contributed by atoms with E-state index in [-0.39, 0.29) is 5.41 Å². The highest BCUT2D eigenvalue weighted by molar-refractivity contribution is 7.16. The van der Waals surface area contributed by atoms with Crippen LogP contribution in [0.25, 0.3) is 59.6 Å². The van der Waals surface area contributed by atoms with Gasteiger partial charge in [-0.3, -0.25) is 0 Å². The van der Waals surface area contributed by atoms with Crippen molar-refractivity contribution in [2.24, 2.45) is 0 Å². The monoisotopic (exact) mass is 466 g/mol. The average molecular weight is 467 g/mol. The maximum atomic E-state index is 4.49. The Bertz CT molecular complexity index is 1990. The van der Waals surface area contributed by atoms with Gasteiger partial charge in [0.2, 0.25) is 0 Å². The van der Waals surface area contributed by atoms with Gasteiger partial charge in [0.1, 0.15) is 0 Å². The van der Waals surface area contributed by atoms with Gasteiger partial charge < -0.3 is 4.57 Å². The minimum Gasteiger partial charge on any atom is -0.309 e. The van der Waals surface area contributed by atoms with Crippen molar-refractivity contribution in [3.05, 3.63) is 108 Å². The topological polar surface area (TPSA) is 17.8 Å². The molecule has 7 aromatic rings. The van der Waals surface area contributed by atoms with E-state index in [1.54, 1.807) is 11.3 Å². The number of hydrogen-bond donors (Lipinski definition) is 0. The van der Waals surface area contributed by atoms with Crippen LogP contribution in [0.3, 0.4) is 0 Å². The number of nitrogens with zero attached hydrogens (tertiary/aromatic N) is 2. The Hall–Kier alpha value is -3.95. The Kier molecular flexibility index (Phi) is 3.64. The van der Waals surface area contributed by atoms with Gasteiger partial charge in [-0.1, -0.05) is 56.3 Å². The first-order chi connectivity index (χ1) is 17.1. The van der Waals surface area contributed by atoms with Crippen molar-refractivity contribution in [3.63, 3.8) is 0 Å². The Labute approximate surface area is 207 Å². The van der Waals surface area contributed by atoms with Gasteiger partial charge in [-0.05, 0) is 81.6 Å². The molecule has 2 aromatic heterocycles. The van der Waals surface area contributed by atoms with E-state index in [4.69, 9.17) is 0 Å². The van der Waals surface area contributed by atoms with E-state index in [9.17, 15) is 0 Å². The number of rotatable bonds is 1. The van der Waals surface area contributed by atoms with Gasteiger partial charge in [0.25, 0.3) is 0 Å². The summed E-state index contributed by atoms with van der Waals surface area (Å²) in [5, 5.41) is 5.21. The van der Waals surface area contributed by atoms with Crippen LogP contribution in [0.1, 0.15) is 25.0 Å². The summed E-state index contributed by atoms with van der Waals surface area (Å²) in [7, 11) is 0. The predicted octanol–water partition coefficient (Wildman–Crippen LogP) is 8.85. The number of para-hydroxylation sites is 1. The second-order valence-corrected chi connectivity index (χ2v) is 11.0. The predicted molar refractivity (Wildman–Crippen MR) is 149 cm³/mol.